The van der Waals surface area contributed by atoms with E-state index in [9.17, 15) is 9.59 Å². The van der Waals surface area contributed by atoms with E-state index in [1.54, 1.807) is 28.9 Å². The highest BCUT2D eigenvalue weighted by Gasteiger charge is 2.22. The smallest absolute Gasteiger partial charge is 0.278 e. The lowest BCUT2D eigenvalue weighted by Crippen LogP contribution is -2.30. The molecule has 4 aromatic rings. The molecule has 2 aromatic heterocycles. The predicted molar refractivity (Wildman–Crippen MR) is 117 cm³/mol. The zero-order chi connectivity index (χ0) is 21.2. The molecule has 0 atom stereocenters. The van der Waals surface area contributed by atoms with E-state index in [0.29, 0.717) is 22.6 Å². The number of anilines is 1. The molecule has 0 aliphatic heterocycles. The zero-order valence-electron chi connectivity index (χ0n) is 16.9. The van der Waals surface area contributed by atoms with Crippen LogP contribution in [0.3, 0.4) is 0 Å². The van der Waals surface area contributed by atoms with Gasteiger partial charge in [0.05, 0.1) is 16.8 Å². The maximum atomic E-state index is 12.8. The van der Waals surface area contributed by atoms with E-state index in [0.717, 1.165) is 28.9 Å². The largest absolute Gasteiger partial charge is 0.309 e. The number of nitrogens with zero attached hydrogens (tertiary/aromatic N) is 5. The van der Waals surface area contributed by atoms with Gasteiger partial charge >= 0.3 is 0 Å². The first-order valence-electron chi connectivity index (χ1n) is 10.5. The second-order valence-corrected chi connectivity index (χ2v) is 7.80. The number of amides is 1. The average molecular weight is 414 g/mol. The van der Waals surface area contributed by atoms with Crippen molar-refractivity contribution in [1.29, 1.82) is 0 Å². The number of carbonyl (C=O) groups is 1. The van der Waals surface area contributed by atoms with Crippen molar-refractivity contribution in [3.63, 3.8) is 0 Å². The molecule has 5 rings (SSSR count). The van der Waals surface area contributed by atoms with Gasteiger partial charge in [0, 0.05) is 12.0 Å². The van der Waals surface area contributed by atoms with Crippen LogP contribution in [0.5, 0.6) is 0 Å². The number of rotatable bonds is 5. The van der Waals surface area contributed by atoms with E-state index in [2.05, 4.69) is 15.6 Å². The van der Waals surface area contributed by atoms with E-state index in [1.165, 1.54) is 12.8 Å². The Kier molecular flexibility index (Phi) is 5.03. The third-order valence-electron chi connectivity index (χ3n) is 5.69. The molecule has 1 aliphatic rings. The summed E-state index contributed by atoms with van der Waals surface area (Å²) in [5.74, 6) is 0.635. The molecule has 0 spiro atoms. The summed E-state index contributed by atoms with van der Waals surface area (Å²) in [6, 6.07) is 18.6. The predicted octanol–water partition coefficient (Wildman–Crippen LogP) is 3.27. The highest BCUT2D eigenvalue weighted by atomic mass is 16.2. The average Bonchev–Trinajstić information content (AvgIpc) is 3.47. The fraction of sp³-hybridized carbons (Fsp3) is 0.261. The number of para-hydroxylation sites is 1. The van der Waals surface area contributed by atoms with E-state index >= 15 is 0 Å². The van der Waals surface area contributed by atoms with Crippen LogP contribution in [0.4, 0.5) is 5.82 Å². The summed E-state index contributed by atoms with van der Waals surface area (Å²) in [4.78, 5) is 25.5. The number of nitrogens with one attached hydrogen (secondary N) is 1. The molecular formula is C23H22N6O2. The number of hydrogen-bond acceptors (Lipinski definition) is 5. The Morgan fingerprint density at radius 2 is 1.77 bits per heavy atom. The minimum atomic E-state index is -0.360. The first kappa shape index (κ1) is 19.2. The number of aromatic nitrogens is 5. The van der Waals surface area contributed by atoms with Crippen molar-refractivity contribution in [3.05, 3.63) is 76.7 Å². The Morgan fingerprint density at radius 3 is 2.58 bits per heavy atom. The van der Waals surface area contributed by atoms with Gasteiger partial charge in [-0.2, -0.15) is 5.10 Å². The Morgan fingerprint density at radius 1 is 1.03 bits per heavy atom. The summed E-state index contributed by atoms with van der Waals surface area (Å²) in [5, 5.41) is 16.1. The highest BCUT2D eigenvalue weighted by molar-refractivity contribution is 5.90. The summed E-state index contributed by atoms with van der Waals surface area (Å²) in [6.07, 6.45) is 4.63. The van der Waals surface area contributed by atoms with Crippen LogP contribution >= 0.6 is 0 Å². The maximum Gasteiger partial charge on any atom is 0.278 e. The molecule has 8 nitrogen and oxygen atoms in total. The van der Waals surface area contributed by atoms with E-state index in [1.807, 2.05) is 36.4 Å². The molecule has 0 saturated heterocycles. The van der Waals surface area contributed by atoms with Crippen molar-refractivity contribution in [3.8, 4) is 5.69 Å². The minimum absolute atomic E-state index is 0.227. The van der Waals surface area contributed by atoms with Gasteiger partial charge in [0.2, 0.25) is 5.91 Å². The SMILES string of the molecule is O=C(Cn1nnc2ccccc2c1=O)Nc1cc(C2CCCC2)nn1-c1ccccc1. The Balaban J connectivity index is 1.43. The molecular weight excluding hydrogens is 392 g/mol. The molecule has 2 heterocycles. The minimum Gasteiger partial charge on any atom is -0.309 e. The number of benzene rings is 2. The molecule has 1 aliphatic carbocycles. The van der Waals surface area contributed by atoms with Crippen LogP contribution in [0.15, 0.2) is 65.5 Å². The van der Waals surface area contributed by atoms with E-state index in [4.69, 9.17) is 5.10 Å². The summed E-state index contributed by atoms with van der Waals surface area (Å²) >= 11 is 0. The number of hydrogen-bond donors (Lipinski definition) is 1. The Bertz CT molecular complexity index is 1290. The van der Waals surface area contributed by atoms with Gasteiger partial charge in [0.15, 0.2) is 0 Å². The van der Waals surface area contributed by atoms with Crippen molar-refractivity contribution in [2.24, 2.45) is 0 Å². The van der Waals surface area contributed by atoms with Crippen LogP contribution in [-0.2, 0) is 11.3 Å². The quantitative estimate of drug-likeness (QED) is 0.541. The van der Waals surface area contributed by atoms with Gasteiger partial charge in [0.25, 0.3) is 5.56 Å². The Hall–Kier alpha value is -3.81. The van der Waals surface area contributed by atoms with Crippen LogP contribution in [0.25, 0.3) is 16.6 Å². The molecule has 8 heteroatoms. The van der Waals surface area contributed by atoms with Crippen LogP contribution < -0.4 is 10.9 Å². The first-order valence-corrected chi connectivity index (χ1v) is 10.5. The summed E-state index contributed by atoms with van der Waals surface area (Å²) in [7, 11) is 0. The molecule has 0 unspecified atom stereocenters. The van der Waals surface area contributed by atoms with Crippen molar-refractivity contribution in [1.82, 2.24) is 24.8 Å². The molecule has 0 bridgehead atoms. The van der Waals surface area contributed by atoms with Crippen molar-refractivity contribution < 1.29 is 4.79 Å². The third kappa shape index (κ3) is 3.84. The van der Waals surface area contributed by atoms with Gasteiger partial charge in [-0.1, -0.05) is 48.4 Å². The third-order valence-corrected chi connectivity index (χ3v) is 5.69. The van der Waals surface area contributed by atoms with E-state index < -0.39 is 0 Å². The van der Waals surface area contributed by atoms with Crippen molar-refractivity contribution in [2.45, 2.75) is 38.1 Å². The molecule has 31 heavy (non-hydrogen) atoms. The molecule has 0 radical (unpaired) electrons. The van der Waals surface area contributed by atoms with Gasteiger partial charge in [-0.15, -0.1) is 5.10 Å². The second kappa shape index (κ2) is 8.14. The lowest BCUT2D eigenvalue weighted by atomic mass is 10.0. The van der Waals surface area contributed by atoms with Gasteiger partial charge in [-0.05, 0) is 37.1 Å². The number of carbonyl (C=O) groups excluding carboxylic acids is 1. The molecule has 1 N–H and O–H groups in total. The summed E-state index contributed by atoms with van der Waals surface area (Å²) < 4.78 is 2.83. The summed E-state index contributed by atoms with van der Waals surface area (Å²) in [5.41, 5.74) is 2.01. The first-order chi connectivity index (χ1) is 15.2. The topological polar surface area (TPSA) is 94.7 Å². The van der Waals surface area contributed by atoms with Crippen LogP contribution in [-0.4, -0.2) is 30.7 Å². The lowest BCUT2D eigenvalue weighted by Gasteiger charge is -2.09. The lowest BCUT2D eigenvalue weighted by molar-refractivity contribution is -0.117. The van der Waals surface area contributed by atoms with Crippen LogP contribution in [0, 0.1) is 0 Å². The summed E-state index contributed by atoms with van der Waals surface area (Å²) in [6.45, 7) is -0.227. The van der Waals surface area contributed by atoms with Gasteiger partial charge < -0.3 is 5.32 Å². The van der Waals surface area contributed by atoms with Crippen molar-refractivity contribution >= 4 is 22.6 Å². The molecule has 1 saturated carbocycles. The molecule has 156 valence electrons. The van der Waals surface area contributed by atoms with Gasteiger partial charge in [-0.25, -0.2) is 9.36 Å². The fourth-order valence-corrected chi connectivity index (χ4v) is 4.12. The van der Waals surface area contributed by atoms with Crippen LogP contribution in [0.1, 0.15) is 37.3 Å². The highest BCUT2D eigenvalue weighted by Crippen LogP contribution is 2.35. The van der Waals surface area contributed by atoms with Gasteiger partial charge in [-0.3, -0.25) is 9.59 Å². The maximum absolute atomic E-state index is 12.8. The Labute approximate surface area is 178 Å². The normalized spacial score (nSPS) is 14.2. The van der Waals surface area contributed by atoms with Crippen molar-refractivity contribution in [2.75, 3.05) is 5.32 Å². The fourth-order valence-electron chi connectivity index (χ4n) is 4.12. The molecule has 1 amide bonds. The molecule has 1 fully saturated rings. The zero-order valence-corrected chi connectivity index (χ0v) is 16.9. The second-order valence-electron chi connectivity index (χ2n) is 7.80. The standard InChI is InChI=1S/C23H22N6O2/c30-22(15-28-23(31)18-12-6-7-13-19(18)25-27-28)24-21-14-20(16-8-4-5-9-16)26-29(21)17-10-2-1-3-11-17/h1-3,6-7,10-14,16H,4-5,8-9,15H2,(H,24,30). The van der Waals surface area contributed by atoms with E-state index in [-0.39, 0.29) is 18.0 Å². The van der Waals surface area contributed by atoms with Crippen LogP contribution in [0.2, 0.25) is 0 Å². The number of fused-ring (bicyclic) bond motifs is 1. The molecule has 2 aromatic carbocycles. The monoisotopic (exact) mass is 414 g/mol. The van der Waals surface area contributed by atoms with Gasteiger partial charge in [0.1, 0.15) is 17.9 Å².